The third kappa shape index (κ3) is 3.19. The summed E-state index contributed by atoms with van der Waals surface area (Å²) in [6.45, 7) is 5.38. The highest BCUT2D eigenvalue weighted by molar-refractivity contribution is 6.46. The van der Waals surface area contributed by atoms with Crippen LogP contribution in [0, 0.1) is 6.92 Å². The Morgan fingerprint density at radius 1 is 1.31 bits per heavy atom. The first-order valence-corrected chi connectivity index (χ1v) is 7.86. The zero-order valence-corrected chi connectivity index (χ0v) is 14.0. The smallest absolute Gasteiger partial charge is 0.351 e. The number of hydrogen-bond acceptors (Lipinski definition) is 5. The molecule has 0 unspecified atom stereocenters. The number of nitrogens with zero attached hydrogens (tertiary/aromatic N) is 2. The molecule has 7 nitrogen and oxygen atoms in total. The third-order valence-electron chi connectivity index (χ3n) is 4.00. The fourth-order valence-corrected chi connectivity index (χ4v) is 2.72. The molecule has 1 aliphatic rings. The van der Waals surface area contributed by atoms with Crippen molar-refractivity contribution in [2.75, 3.05) is 6.54 Å². The van der Waals surface area contributed by atoms with Crippen molar-refractivity contribution in [2.24, 2.45) is 4.99 Å². The van der Waals surface area contributed by atoms with E-state index in [4.69, 9.17) is 4.42 Å². The number of carboxylic acid groups (broad SMARTS) is 1. The lowest BCUT2D eigenvalue weighted by Gasteiger charge is -2.09. The van der Waals surface area contributed by atoms with E-state index in [2.05, 4.69) is 11.6 Å². The van der Waals surface area contributed by atoms with Crippen molar-refractivity contribution < 1.29 is 23.9 Å². The molecule has 0 radical (unpaired) electrons. The zero-order valence-electron chi connectivity index (χ0n) is 14.0. The third-order valence-corrected chi connectivity index (χ3v) is 4.00. The van der Waals surface area contributed by atoms with Crippen LogP contribution in [0.2, 0.25) is 0 Å². The monoisotopic (exact) mass is 351 g/mol. The van der Waals surface area contributed by atoms with Crippen LogP contribution in [0.3, 0.4) is 0 Å². The lowest BCUT2D eigenvalue weighted by Crippen LogP contribution is -2.33. The number of carboxylic acids is 1. The highest BCUT2D eigenvalue weighted by Crippen LogP contribution is 2.27. The molecular weight excluding hydrogens is 336 g/mol. The van der Waals surface area contributed by atoms with Gasteiger partial charge in [-0.15, -0.1) is 6.58 Å². The second kappa shape index (κ2) is 6.79. The number of aromatic carboxylic acids is 1. The second-order valence-electron chi connectivity index (χ2n) is 5.81. The number of carbonyl (C=O) groups is 3. The maximum absolute atomic E-state index is 12.2. The van der Waals surface area contributed by atoms with Crippen LogP contribution in [0.15, 0.2) is 52.4 Å². The lowest BCUT2D eigenvalue weighted by atomic mass is 10.0. The van der Waals surface area contributed by atoms with Gasteiger partial charge in [-0.2, -0.15) is 4.99 Å². The van der Waals surface area contributed by atoms with Gasteiger partial charge < -0.3 is 14.3 Å². The van der Waals surface area contributed by atoms with Crippen LogP contribution in [-0.4, -0.2) is 35.1 Å². The van der Waals surface area contributed by atoms with E-state index in [1.54, 1.807) is 25.1 Å². The molecule has 0 fully saturated rings. The summed E-state index contributed by atoms with van der Waals surface area (Å²) >= 11 is 0. The van der Waals surface area contributed by atoms with Gasteiger partial charge in [0.05, 0.1) is 12.4 Å². The summed E-state index contributed by atoms with van der Waals surface area (Å²) in [7, 11) is 0. The number of aliphatic imine (C=N–C) groups is 1. The van der Waals surface area contributed by atoms with Crippen LogP contribution in [0.25, 0.3) is 11.3 Å². The molecule has 0 saturated heterocycles. The van der Waals surface area contributed by atoms with E-state index in [9.17, 15) is 19.5 Å². The number of furan rings is 1. The van der Waals surface area contributed by atoms with E-state index >= 15 is 0 Å². The van der Waals surface area contributed by atoms with Gasteiger partial charge in [-0.1, -0.05) is 18.2 Å². The van der Waals surface area contributed by atoms with E-state index < -0.39 is 17.9 Å². The predicted molar refractivity (Wildman–Crippen MR) is 91.7 cm³/mol. The molecule has 1 aliphatic heterocycles. The van der Waals surface area contributed by atoms with Gasteiger partial charge in [-0.3, -0.25) is 9.69 Å². The highest BCUT2D eigenvalue weighted by atomic mass is 16.4. The Morgan fingerprint density at radius 3 is 2.73 bits per heavy atom. The number of urea groups is 1. The maximum atomic E-state index is 12.2. The Kier molecular flexibility index (Phi) is 4.53. The zero-order chi connectivity index (χ0) is 18.8. The van der Waals surface area contributed by atoms with E-state index in [1.165, 1.54) is 18.2 Å². The van der Waals surface area contributed by atoms with Gasteiger partial charge in [0.1, 0.15) is 17.2 Å². The van der Waals surface area contributed by atoms with Crippen molar-refractivity contribution in [3.8, 4) is 11.3 Å². The maximum Gasteiger partial charge on any atom is 0.351 e. The van der Waals surface area contributed by atoms with E-state index in [0.717, 1.165) is 10.5 Å². The number of rotatable bonds is 6. The quantitative estimate of drug-likeness (QED) is 0.738. The van der Waals surface area contributed by atoms with Gasteiger partial charge in [0.25, 0.3) is 5.91 Å². The Hall–Kier alpha value is -3.48. The molecule has 132 valence electrons. The first-order valence-electron chi connectivity index (χ1n) is 7.86. The SMILES string of the molecule is C=CCN1C(=O)N=C(Cc2ccc(-c3ccc(C(=O)[O-])cc3C)o2)C1=O. The fraction of sp³-hybridized carbons (Fsp3) is 0.158. The largest absolute Gasteiger partial charge is 0.545 e. The Morgan fingerprint density at radius 2 is 2.08 bits per heavy atom. The van der Waals surface area contributed by atoms with Crippen LogP contribution < -0.4 is 5.11 Å². The summed E-state index contributed by atoms with van der Waals surface area (Å²) in [6.07, 6.45) is 1.55. The predicted octanol–water partition coefficient (Wildman–Crippen LogP) is 1.75. The second-order valence-corrected chi connectivity index (χ2v) is 5.81. The minimum absolute atomic E-state index is 0.0877. The molecule has 1 aromatic carbocycles. The van der Waals surface area contributed by atoms with Crippen molar-refractivity contribution in [3.63, 3.8) is 0 Å². The molecule has 1 aromatic heterocycles. The number of carbonyl (C=O) groups excluding carboxylic acids is 3. The molecule has 0 saturated carbocycles. The minimum Gasteiger partial charge on any atom is -0.545 e. The topological polar surface area (TPSA) is 103 Å². The summed E-state index contributed by atoms with van der Waals surface area (Å²) in [5.74, 6) is -0.694. The van der Waals surface area contributed by atoms with Crippen molar-refractivity contribution in [2.45, 2.75) is 13.3 Å². The van der Waals surface area contributed by atoms with Crippen LogP contribution >= 0.6 is 0 Å². The highest BCUT2D eigenvalue weighted by Gasteiger charge is 2.32. The Balaban J connectivity index is 1.80. The summed E-state index contributed by atoms with van der Waals surface area (Å²) in [4.78, 5) is 39.6. The van der Waals surface area contributed by atoms with Crippen molar-refractivity contribution in [1.82, 2.24) is 4.90 Å². The van der Waals surface area contributed by atoms with Crippen LogP contribution in [-0.2, 0) is 11.2 Å². The van der Waals surface area contributed by atoms with Gasteiger partial charge >= 0.3 is 6.03 Å². The van der Waals surface area contributed by atoms with Crippen molar-refractivity contribution >= 4 is 23.6 Å². The summed E-state index contributed by atoms with van der Waals surface area (Å²) < 4.78 is 5.75. The Bertz CT molecular complexity index is 955. The Labute approximate surface area is 149 Å². The molecule has 3 rings (SSSR count). The minimum atomic E-state index is -1.24. The average molecular weight is 351 g/mol. The van der Waals surface area contributed by atoms with Gasteiger partial charge in [-0.05, 0) is 36.2 Å². The van der Waals surface area contributed by atoms with Gasteiger partial charge in [0.15, 0.2) is 0 Å². The molecule has 3 amide bonds. The fourth-order valence-electron chi connectivity index (χ4n) is 2.72. The van der Waals surface area contributed by atoms with Crippen LogP contribution in [0.5, 0.6) is 0 Å². The number of benzene rings is 1. The van der Waals surface area contributed by atoms with Crippen LogP contribution in [0.4, 0.5) is 4.79 Å². The normalized spacial score (nSPS) is 13.9. The van der Waals surface area contributed by atoms with E-state index in [0.29, 0.717) is 17.1 Å². The summed E-state index contributed by atoms with van der Waals surface area (Å²) in [5, 5.41) is 10.9. The molecule has 2 aromatic rings. The number of imide groups is 1. The van der Waals surface area contributed by atoms with Crippen LogP contribution in [0.1, 0.15) is 21.7 Å². The average Bonchev–Trinajstić information content (AvgIpc) is 3.15. The molecule has 0 N–H and O–H groups in total. The molecule has 2 heterocycles. The molecule has 0 atom stereocenters. The molecule has 0 bridgehead atoms. The first-order chi connectivity index (χ1) is 12.4. The summed E-state index contributed by atoms with van der Waals surface area (Å²) in [6, 6.07) is 7.39. The molecule has 0 spiro atoms. The molecule has 26 heavy (non-hydrogen) atoms. The lowest BCUT2D eigenvalue weighted by molar-refractivity contribution is -0.255. The van der Waals surface area contributed by atoms with Gasteiger partial charge in [0.2, 0.25) is 0 Å². The molecular formula is C19H15N2O5-. The number of aryl methyl sites for hydroxylation is 1. The summed E-state index contributed by atoms with van der Waals surface area (Å²) in [5.41, 5.74) is 1.64. The first kappa shape index (κ1) is 17.3. The molecule has 7 heteroatoms. The van der Waals surface area contributed by atoms with Crippen molar-refractivity contribution in [1.29, 1.82) is 0 Å². The van der Waals surface area contributed by atoms with E-state index in [1.807, 2.05) is 0 Å². The van der Waals surface area contributed by atoms with E-state index in [-0.39, 0.29) is 24.2 Å². The van der Waals surface area contributed by atoms with Gasteiger partial charge in [0, 0.05) is 12.1 Å². The van der Waals surface area contributed by atoms with Crippen molar-refractivity contribution in [3.05, 3.63) is 59.9 Å². The molecule has 0 aliphatic carbocycles. The number of amides is 3. The van der Waals surface area contributed by atoms with Gasteiger partial charge in [-0.25, -0.2) is 4.79 Å². The standard InChI is InChI=1S/C19H16N2O5/c1-3-8-21-17(22)15(20-19(21)25)10-13-5-7-16(26-13)14-6-4-12(18(23)24)9-11(14)2/h3-7,9H,1,8,10H2,2H3,(H,23,24)/p-1. The number of hydrogen-bond donors (Lipinski definition) is 0.